The molecule has 1 fully saturated rings. The Morgan fingerprint density at radius 1 is 1.33 bits per heavy atom. The molecule has 0 unspecified atom stereocenters. The number of azide groups is 1. The molecule has 96 valence electrons. The number of rotatable bonds is 2. The van der Waals surface area contributed by atoms with Gasteiger partial charge in [-0.2, -0.15) is 13.2 Å². The van der Waals surface area contributed by atoms with Crippen molar-refractivity contribution in [3.8, 4) is 0 Å². The molecule has 0 spiro atoms. The zero-order valence-electron chi connectivity index (χ0n) is 9.21. The molecule has 0 heterocycles. The summed E-state index contributed by atoms with van der Waals surface area (Å²) in [6, 6.07) is 3.15. The molecule has 1 saturated carbocycles. The Morgan fingerprint density at radius 2 is 2.00 bits per heavy atom. The van der Waals surface area contributed by atoms with Crippen LogP contribution in [-0.2, 0) is 11.7 Å². The molecule has 0 amide bonds. The maximum absolute atomic E-state index is 12.5. The van der Waals surface area contributed by atoms with E-state index in [9.17, 15) is 13.2 Å². The largest absolute Gasteiger partial charge is 0.416 e. The second-order valence-electron chi connectivity index (χ2n) is 4.27. The van der Waals surface area contributed by atoms with Crippen LogP contribution in [0.4, 0.5) is 13.2 Å². The Morgan fingerprint density at radius 3 is 2.39 bits per heavy atom. The van der Waals surface area contributed by atoms with Crippen molar-refractivity contribution in [2.45, 2.75) is 31.0 Å². The zero-order valence-corrected chi connectivity index (χ0v) is 9.96. The normalized spacial score (nSPS) is 17.8. The summed E-state index contributed by atoms with van der Waals surface area (Å²) in [6.07, 6.45) is -2.33. The number of hydrogen-bond donors (Lipinski definition) is 0. The predicted octanol–water partition coefficient (Wildman–Crippen LogP) is 5.05. The van der Waals surface area contributed by atoms with Gasteiger partial charge in [0, 0.05) is 9.93 Å². The Labute approximate surface area is 106 Å². The topological polar surface area (TPSA) is 48.8 Å². The van der Waals surface area contributed by atoms with Gasteiger partial charge in [0.05, 0.1) is 11.1 Å². The summed E-state index contributed by atoms with van der Waals surface area (Å²) in [5, 5.41) is 3.70. The summed E-state index contributed by atoms with van der Waals surface area (Å²) in [4.78, 5) is 2.76. The molecule has 0 atom stereocenters. The molecule has 1 aliphatic rings. The van der Waals surface area contributed by atoms with E-state index in [0.29, 0.717) is 18.4 Å². The zero-order chi connectivity index (χ0) is 13.4. The first-order valence-electron chi connectivity index (χ1n) is 5.32. The summed E-state index contributed by atoms with van der Waals surface area (Å²) in [5.74, 6) is 0. The number of alkyl halides is 3. The summed E-state index contributed by atoms with van der Waals surface area (Å²) in [7, 11) is 0. The van der Waals surface area contributed by atoms with Crippen molar-refractivity contribution in [1.82, 2.24) is 0 Å². The fourth-order valence-electron chi connectivity index (χ4n) is 2.09. The Balaban J connectivity index is 2.45. The minimum absolute atomic E-state index is 0.00285. The van der Waals surface area contributed by atoms with Gasteiger partial charge in [-0.05, 0) is 36.1 Å². The highest BCUT2D eigenvalue weighted by Gasteiger charge is 2.40. The van der Waals surface area contributed by atoms with E-state index in [4.69, 9.17) is 17.1 Å². The number of hydrogen-bond acceptors (Lipinski definition) is 1. The molecular formula is C11H9ClF3N3. The molecule has 1 aromatic rings. The van der Waals surface area contributed by atoms with E-state index < -0.39 is 17.3 Å². The lowest BCUT2D eigenvalue weighted by Gasteiger charge is -2.38. The number of benzene rings is 1. The monoisotopic (exact) mass is 275 g/mol. The van der Waals surface area contributed by atoms with Gasteiger partial charge in [-0.3, -0.25) is 0 Å². The number of halogens is 4. The van der Waals surface area contributed by atoms with Gasteiger partial charge < -0.3 is 0 Å². The molecule has 3 nitrogen and oxygen atoms in total. The average Bonchev–Trinajstić information content (AvgIpc) is 2.22. The second-order valence-corrected chi connectivity index (χ2v) is 4.67. The molecular weight excluding hydrogens is 267 g/mol. The van der Waals surface area contributed by atoms with Gasteiger partial charge in [-0.25, -0.2) is 0 Å². The molecule has 0 N–H and O–H groups in total. The van der Waals surface area contributed by atoms with Crippen LogP contribution in [0.5, 0.6) is 0 Å². The molecule has 0 bridgehead atoms. The summed E-state index contributed by atoms with van der Waals surface area (Å²) in [6.45, 7) is 0. The standard InChI is InChI=1S/C11H9ClF3N3/c12-9-6-7(11(13,14)15)2-3-8(9)10(17-18-16)4-1-5-10/h2-3,6H,1,4-5H2. The van der Waals surface area contributed by atoms with Crippen LogP contribution >= 0.6 is 11.6 Å². The summed E-state index contributed by atoms with van der Waals surface area (Å²) < 4.78 is 37.5. The lowest BCUT2D eigenvalue weighted by Crippen LogP contribution is -2.31. The van der Waals surface area contributed by atoms with E-state index in [1.165, 1.54) is 6.07 Å². The molecule has 1 aliphatic carbocycles. The van der Waals surface area contributed by atoms with E-state index >= 15 is 0 Å². The van der Waals surface area contributed by atoms with E-state index in [-0.39, 0.29) is 5.02 Å². The van der Waals surface area contributed by atoms with Gasteiger partial charge in [-0.15, -0.1) is 0 Å². The van der Waals surface area contributed by atoms with E-state index in [0.717, 1.165) is 18.6 Å². The van der Waals surface area contributed by atoms with Crippen molar-refractivity contribution in [1.29, 1.82) is 0 Å². The Hall–Kier alpha value is -1.39. The van der Waals surface area contributed by atoms with Crippen LogP contribution < -0.4 is 0 Å². The van der Waals surface area contributed by atoms with E-state index in [1.54, 1.807) is 0 Å². The molecule has 7 heteroatoms. The van der Waals surface area contributed by atoms with Crippen LogP contribution in [-0.4, -0.2) is 0 Å². The SMILES string of the molecule is [N-]=[N+]=NC1(c2ccc(C(F)(F)F)cc2Cl)CCC1. The predicted molar refractivity (Wildman–Crippen MR) is 61.1 cm³/mol. The first-order valence-corrected chi connectivity index (χ1v) is 5.70. The molecule has 18 heavy (non-hydrogen) atoms. The van der Waals surface area contributed by atoms with Crippen molar-refractivity contribution < 1.29 is 13.2 Å². The van der Waals surface area contributed by atoms with Crippen LogP contribution in [0.1, 0.15) is 30.4 Å². The van der Waals surface area contributed by atoms with Gasteiger partial charge in [0.1, 0.15) is 0 Å². The quantitative estimate of drug-likeness (QED) is 0.412. The lowest BCUT2D eigenvalue weighted by molar-refractivity contribution is -0.137. The first-order chi connectivity index (χ1) is 8.39. The second kappa shape index (κ2) is 4.37. The molecule has 2 rings (SSSR count). The third-order valence-corrected chi connectivity index (χ3v) is 3.53. The number of nitrogens with zero attached hydrogens (tertiary/aromatic N) is 3. The first kappa shape index (κ1) is 13.1. The van der Waals surface area contributed by atoms with Gasteiger partial charge in [0.25, 0.3) is 0 Å². The maximum Gasteiger partial charge on any atom is 0.416 e. The third kappa shape index (κ3) is 2.13. The molecule has 0 aromatic heterocycles. The van der Waals surface area contributed by atoms with Crippen LogP contribution in [0.25, 0.3) is 10.4 Å². The molecule has 0 saturated heterocycles. The highest BCUT2D eigenvalue weighted by atomic mass is 35.5. The van der Waals surface area contributed by atoms with Gasteiger partial charge in [-0.1, -0.05) is 29.2 Å². The van der Waals surface area contributed by atoms with E-state index in [1.807, 2.05) is 0 Å². The fourth-order valence-corrected chi connectivity index (χ4v) is 2.45. The minimum Gasteiger partial charge on any atom is -0.166 e. The van der Waals surface area contributed by atoms with Crippen LogP contribution in [0.3, 0.4) is 0 Å². The smallest absolute Gasteiger partial charge is 0.166 e. The minimum atomic E-state index is -4.42. The summed E-state index contributed by atoms with van der Waals surface area (Å²) >= 11 is 5.88. The van der Waals surface area contributed by atoms with Crippen LogP contribution in [0.2, 0.25) is 5.02 Å². The van der Waals surface area contributed by atoms with Gasteiger partial charge >= 0.3 is 6.18 Å². The van der Waals surface area contributed by atoms with Gasteiger partial charge in [0.2, 0.25) is 0 Å². The van der Waals surface area contributed by atoms with Crippen molar-refractivity contribution in [3.63, 3.8) is 0 Å². The fraction of sp³-hybridized carbons (Fsp3) is 0.455. The Kier molecular flexibility index (Phi) is 3.17. The van der Waals surface area contributed by atoms with Gasteiger partial charge in [0.15, 0.2) is 0 Å². The van der Waals surface area contributed by atoms with E-state index in [2.05, 4.69) is 10.0 Å². The third-order valence-electron chi connectivity index (χ3n) is 3.21. The highest BCUT2D eigenvalue weighted by molar-refractivity contribution is 6.31. The van der Waals surface area contributed by atoms with Crippen molar-refractivity contribution in [2.75, 3.05) is 0 Å². The highest BCUT2D eigenvalue weighted by Crippen LogP contribution is 2.48. The van der Waals surface area contributed by atoms with Crippen molar-refractivity contribution in [3.05, 3.63) is 44.8 Å². The lowest BCUT2D eigenvalue weighted by atomic mass is 9.72. The average molecular weight is 276 g/mol. The molecule has 0 aliphatic heterocycles. The van der Waals surface area contributed by atoms with Crippen LogP contribution in [0, 0.1) is 0 Å². The Bertz CT molecular complexity index is 517. The molecule has 0 radical (unpaired) electrons. The summed E-state index contributed by atoms with van der Waals surface area (Å²) in [5.41, 5.74) is 7.44. The van der Waals surface area contributed by atoms with Crippen molar-refractivity contribution >= 4 is 11.6 Å². The van der Waals surface area contributed by atoms with Crippen molar-refractivity contribution in [2.24, 2.45) is 5.11 Å². The van der Waals surface area contributed by atoms with Crippen LogP contribution in [0.15, 0.2) is 23.3 Å². The molecule has 1 aromatic carbocycles. The maximum atomic E-state index is 12.5.